The maximum atomic E-state index is 13.7. The molecule has 0 aromatic heterocycles. The van der Waals surface area contributed by atoms with Crippen LogP contribution in [-0.4, -0.2) is 42.4 Å². The van der Waals surface area contributed by atoms with Gasteiger partial charge in [0, 0.05) is 31.6 Å². The van der Waals surface area contributed by atoms with Crippen molar-refractivity contribution in [3.05, 3.63) is 29.6 Å². The van der Waals surface area contributed by atoms with Gasteiger partial charge in [-0.3, -0.25) is 9.59 Å². The maximum absolute atomic E-state index is 13.7. The summed E-state index contributed by atoms with van der Waals surface area (Å²) in [7, 11) is 0. The van der Waals surface area contributed by atoms with Crippen LogP contribution in [-0.2, 0) is 4.79 Å². The molecule has 0 unspecified atom stereocenters. The standard InChI is InChI=1S/C18H24FN3O2.ClH/c1-12(23)21-17-10-14(4-5-16(17)19)18(24)22-8-6-15(7-9-22)20-11-13-2-3-13;/h4-5,10,13,15,20H,2-3,6-9,11H2,1H3,(H,21,23);1H. The molecule has 2 amide bonds. The van der Waals surface area contributed by atoms with Gasteiger partial charge in [-0.05, 0) is 56.3 Å². The fourth-order valence-electron chi connectivity index (χ4n) is 3.07. The van der Waals surface area contributed by atoms with E-state index < -0.39 is 5.82 Å². The van der Waals surface area contributed by atoms with Crippen LogP contribution in [0.5, 0.6) is 0 Å². The number of nitrogens with zero attached hydrogens (tertiary/aromatic N) is 1. The zero-order chi connectivity index (χ0) is 17.1. The highest BCUT2D eigenvalue weighted by Gasteiger charge is 2.26. The van der Waals surface area contributed by atoms with Crippen molar-refractivity contribution in [3.8, 4) is 0 Å². The maximum Gasteiger partial charge on any atom is 0.253 e. The molecule has 0 spiro atoms. The summed E-state index contributed by atoms with van der Waals surface area (Å²) >= 11 is 0. The van der Waals surface area contributed by atoms with E-state index in [1.54, 1.807) is 4.90 Å². The predicted octanol–water partition coefficient (Wildman–Crippen LogP) is 2.81. The highest BCUT2D eigenvalue weighted by Crippen LogP contribution is 2.28. The quantitative estimate of drug-likeness (QED) is 0.839. The molecule has 1 aromatic rings. The summed E-state index contributed by atoms with van der Waals surface area (Å²) in [6.07, 6.45) is 4.56. The van der Waals surface area contributed by atoms with E-state index in [-0.39, 0.29) is 29.9 Å². The largest absolute Gasteiger partial charge is 0.339 e. The van der Waals surface area contributed by atoms with E-state index in [0.717, 1.165) is 25.3 Å². The van der Waals surface area contributed by atoms with E-state index in [1.165, 1.54) is 38.0 Å². The van der Waals surface area contributed by atoms with Gasteiger partial charge in [-0.1, -0.05) is 0 Å². The third kappa shape index (κ3) is 5.41. The molecule has 1 heterocycles. The summed E-state index contributed by atoms with van der Waals surface area (Å²) in [6.45, 7) is 3.81. The molecular weight excluding hydrogens is 345 g/mol. The summed E-state index contributed by atoms with van der Waals surface area (Å²) in [4.78, 5) is 25.5. The van der Waals surface area contributed by atoms with Crippen molar-refractivity contribution in [1.29, 1.82) is 0 Å². The van der Waals surface area contributed by atoms with Gasteiger partial charge in [0.15, 0.2) is 0 Å². The second kappa shape index (κ2) is 8.63. The number of rotatable bonds is 5. The first-order chi connectivity index (χ1) is 11.5. The number of hydrogen-bond acceptors (Lipinski definition) is 3. The number of halogens is 2. The first-order valence-corrected chi connectivity index (χ1v) is 8.62. The van der Waals surface area contributed by atoms with Crippen LogP contribution in [0.15, 0.2) is 18.2 Å². The third-order valence-electron chi connectivity index (χ3n) is 4.70. The fraction of sp³-hybridized carbons (Fsp3) is 0.556. The van der Waals surface area contributed by atoms with Crippen molar-refractivity contribution in [2.24, 2.45) is 5.92 Å². The Bertz CT molecular complexity index is 629. The smallest absolute Gasteiger partial charge is 0.253 e. The fourth-order valence-corrected chi connectivity index (χ4v) is 3.07. The van der Waals surface area contributed by atoms with Crippen molar-refractivity contribution in [3.63, 3.8) is 0 Å². The summed E-state index contributed by atoms with van der Waals surface area (Å²) in [5.41, 5.74) is 0.457. The molecule has 1 aliphatic heterocycles. The zero-order valence-electron chi connectivity index (χ0n) is 14.4. The van der Waals surface area contributed by atoms with E-state index in [9.17, 15) is 14.0 Å². The van der Waals surface area contributed by atoms with E-state index in [0.29, 0.717) is 24.7 Å². The Morgan fingerprint density at radius 1 is 1.20 bits per heavy atom. The molecule has 0 bridgehead atoms. The molecule has 25 heavy (non-hydrogen) atoms. The van der Waals surface area contributed by atoms with Gasteiger partial charge >= 0.3 is 0 Å². The van der Waals surface area contributed by atoms with Crippen LogP contribution in [0.25, 0.3) is 0 Å². The van der Waals surface area contributed by atoms with Gasteiger partial charge in [-0.2, -0.15) is 0 Å². The number of hydrogen-bond donors (Lipinski definition) is 2. The summed E-state index contributed by atoms with van der Waals surface area (Å²) in [5.74, 6) is -0.149. The molecule has 1 saturated heterocycles. The third-order valence-corrected chi connectivity index (χ3v) is 4.70. The minimum Gasteiger partial charge on any atom is -0.339 e. The van der Waals surface area contributed by atoms with Crippen LogP contribution >= 0.6 is 12.4 Å². The van der Waals surface area contributed by atoms with E-state index in [2.05, 4.69) is 10.6 Å². The lowest BCUT2D eigenvalue weighted by Gasteiger charge is -2.32. The number of benzene rings is 1. The Labute approximate surface area is 153 Å². The van der Waals surface area contributed by atoms with Crippen molar-refractivity contribution >= 4 is 29.9 Å². The SMILES string of the molecule is CC(=O)Nc1cc(C(=O)N2CCC(NCC3CC3)CC2)ccc1F.Cl. The van der Waals surface area contributed by atoms with Crippen molar-refractivity contribution in [2.75, 3.05) is 25.0 Å². The molecule has 138 valence electrons. The van der Waals surface area contributed by atoms with E-state index in [4.69, 9.17) is 0 Å². The van der Waals surface area contributed by atoms with Crippen LogP contribution in [0.2, 0.25) is 0 Å². The molecule has 1 aliphatic carbocycles. The van der Waals surface area contributed by atoms with Crippen LogP contribution in [0.4, 0.5) is 10.1 Å². The number of piperidine rings is 1. The topological polar surface area (TPSA) is 61.4 Å². The first-order valence-electron chi connectivity index (χ1n) is 8.62. The van der Waals surface area contributed by atoms with E-state index in [1.807, 2.05) is 0 Å². The number of nitrogens with one attached hydrogen (secondary N) is 2. The second-order valence-corrected chi connectivity index (χ2v) is 6.79. The monoisotopic (exact) mass is 369 g/mol. The van der Waals surface area contributed by atoms with E-state index >= 15 is 0 Å². The number of carbonyl (C=O) groups excluding carboxylic acids is 2. The van der Waals surface area contributed by atoms with Gasteiger partial charge in [0.1, 0.15) is 5.82 Å². The zero-order valence-corrected chi connectivity index (χ0v) is 15.2. The molecule has 3 rings (SSSR count). The highest BCUT2D eigenvalue weighted by molar-refractivity contribution is 5.97. The van der Waals surface area contributed by atoms with Crippen LogP contribution in [0.3, 0.4) is 0 Å². The Morgan fingerprint density at radius 2 is 1.88 bits per heavy atom. The molecule has 0 atom stereocenters. The number of carbonyl (C=O) groups is 2. The molecule has 7 heteroatoms. The summed E-state index contributed by atoms with van der Waals surface area (Å²) in [5, 5.41) is 6.00. The molecule has 2 fully saturated rings. The number of anilines is 1. The predicted molar refractivity (Wildman–Crippen MR) is 97.6 cm³/mol. The Morgan fingerprint density at radius 3 is 2.48 bits per heavy atom. The van der Waals surface area contributed by atoms with Gasteiger partial charge in [-0.25, -0.2) is 4.39 Å². The van der Waals surface area contributed by atoms with Crippen molar-refractivity contribution in [1.82, 2.24) is 10.2 Å². The van der Waals surface area contributed by atoms with Crippen LogP contribution in [0, 0.1) is 11.7 Å². The van der Waals surface area contributed by atoms with Gasteiger partial charge in [0.05, 0.1) is 5.69 Å². The molecule has 1 saturated carbocycles. The molecule has 2 aliphatic rings. The van der Waals surface area contributed by atoms with Gasteiger partial charge in [-0.15, -0.1) is 12.4 Å². The molecule has 0 radical (unpaired) electrons. The number of amides is 2. The normalized spacial score (nSPS) is 17.8. The Kier molecular flexibility index (Phi) is 6.79. The van der Waals surface area contributed by atoms with Gasteiger partial charge in [0.2, 0.25) is 5.91 Å². The van der Waals surface area contributed by atoms with Gasteiger partial charge < -0.3 is 15.5 Å². The van der Waals surface area contributed by atoms with Crippen molar-refractivity contribution in [2.45, 2.75) is 38.6 Å². The molecule has 5 nitrogen and oxygen atoms in total. The second-order valence-electron chi connectivity index (χ2n) is 6.79. The first kappa shape index (κ1) is 19.7. The van der Waals surface area contributed by atoms with Gasteiger partial charge in [0.25, 0.3) is 5.91 Å². The molecule has 2 N–H and O–H groups in total. The van der Waals surface area contributed by atoms with Crippen molar-refractivity contribution < 1.29 is 14.0 Å². The molecule has 1 aromatic carbocycles. The Hall–Kier alpha value is -1.66. The van der Waals surface area contributed by atoms with Crippen LogP contribution < -0.4 is 10.6 Å². The number of likely N-dealkylation sites (tertiary alicyclic amines) is 1. The molecular formula is C18H25ClFN3O2. The lowest BCUT2D eigenvalue weighted by Crippen LogP contribution is -2.45. The summed E-state index contributed by atoms with van der Waals surface area (Å²) < 4.78 is 13.7. The lowest BCUT2D eigenvalue weighted by atomic mass is 10.0. The minimum absolute atomic E-state index is 0. The average Bonchev–Trinajstić information content (AvgIpc) is 3.39. The highest BCUT2D eigenvalue weighted by atomic mass is 35.5. The lowest BCUT2D eigenvalue weighted by molar-refractivity contribution is -0.114. The minimum atomic E-state index is -0.537. The summed E-state index contributed by atoms with van der Waals surface area (Å²) in [6, 6.07) is 4.59. The average molecular weight is 370 g/mol. The Balaban J connectivity index is 0.00000225. The van der Waals surface area contributed by atoms with Crippen LogP contribution in [0.1, 0.15) is 43.0 Å².